The van der Waals surface area contributed by atoms with Crippen LogP contribution in [0.1, 0.15) is 29.3 Å². The number of aromatic nitrogens is 4. The number of nitrogens with zero attached hydrogens (tertiary/aromatic N) is 6. The quantitative estimate of drug-likeness (QED) is 0.547. The molecule has 2 atom stereocenters. The first-order valence-electron chi connectivity index (χ1n) is 10.7. The third-order valence-electron chi connectivity index (χ3n) is 5.82. The summed E-state index contributed by atoms with van der Waals surface area (Å²) in [6.45, 7) is 4.41. The minimum atomic E-state index is -0.511. The molecule has 0 saturated carbocycles. The molecule has 0 unspecified atom stereocenters. The number of likely N-dealkylation sites (N-methyl/N-ethyl adjacent to an activating group) is 1. The van der Waals surface area contributed by atoms with Crippen LogP contribution in [0.3, 0.4) is 0 Å². The molecule has 3 heterocycles. The Hall–Kier alpha value is -4.04. The van der Waals surface area contributed by atoms with Crippen molar-refractivity contribution in [1.82, 2.24) is 19.7 Å². The zero-order chi connectivity index (χ0) is 24.4. The Morgan fingerprint density at radius 2 is 2.18 bits per heavy atom. The molecular formula is C23H25FN8O2. The van der Waals surface area contributed by atoms with Crippen molar-refractivity contribution in [2.24, 2.45) is 0 Å². The van der Waals surface area contributed by atoms with Crippen molar-refractivity contribution in [2.45, 2.75) is 39.1 Å². The van der Waals surface area contributed by atoms with Gasteiger partial charge in [-0.1, -0.05) is 6.07 Å². The lowest BCUT2D eigenvalue weighted by Gasteiger charge is -2.37. The van der Waals surface area contributed by atoms with Gasteiger partial charge in [0.05, 0.1) is 36.2 Å². The van der Waals surface area contributed by atoms with E-state index in [1.807, 2.05) is 33.2 Å². The van der Waals surface area contributed by atoms with Crippen molar-refractivity contribution in [2.75, 3.05) is 29.7 Å². The summed E-state index contributed by atoms with van der Waals surface area (Å²) in [7, 11) is 3.37. The number of amides is 1. The Bertz CT molecular complexity index is 1270. The number of carbonyl (C=O) groups excluding carboxylic acids is 1. The molecule has 1 amide bonds. The SMILES string of the molecule is CO[C@H](C)[C@H]1C(=O)Nc2c(C)nc(NCc3cnn(Cc4ccc(F)cc4C#N)c3)nc2N1C. The van der Waals surface area contributed by atoms with Crippen LogP contribution < -0.4 is 15.5 Å². The highest BCUT2D eigenvalue weighted by molar-refractivity contribution is 6.03. The van der Waals surface area contributed by atoms with Crippen LogP contribution in [0, 0.1) is 24.1 Å². The van der Waals surface area contributed by atoms with E-state index in [4.69, 9.17) is 4.74 Å². The molecule has 2 N–H and O–H groups in total. The molecule has 0 aliphatic carbocycles. The number of carbonyl (C=O) groups is 1. The maximum Gasteiger partial charge on any atom is 0.249 e. The fourth-order valence-corrected chi connectivity index (χ4v) is 3.93. The van der Waals surface area contributed by atoms with E-state index in [2.05, 4.69) is 25.7 Å². The van der Waals surface area contributed by atoms with Gasteiger partial charge in [0.2, 0.25) is 11.9 Å². The molecule has 0 radical (unpaired) electrons. The predicted molar refractivity (Wildman–Crippen MR) is 124 cm³/mol. The van der Waals surface area contributed by atoms with Crippen LogP contribution in [0.25, 0.3) is 0 Å². The number of rotatable bonds is 7. The summed E-state index contributed by atoms with van der Waals surface area (Å²) in [5, 5.41) is 19.7. The number of nitriles is 1. The van der Waals surface area contributed by atoms with Crippen LogP contribution in [-0.2, 0) is 22.6 Å². The van der Waals surface area contributed by atoms with Crippen molar-refractivity contribution in [3.63, 3.8) is 0 Å². The molecular weight excluding hydrogens is 439 g/mol. The molecule has 1 aliphatic rings. The minimum absolute atomic E-state index is 0.162. The summed E-state index contributed by atoms with van der Waals surface area (Å²) in [5.74, 6) is 0.421. The Balaban J connectivity index is 1.48. The third-order valence-corrected chi connectivity index (χ3v) is 5.82. The van der Waals surface area contributed by atoms with E-state index >= 15 is 0 Å². The molecule has 34 heavy (non-hydrogen) atoms. The van der Waals surface area contributed by atoms with Crippen molar-refractivity contribution >= 4 is 23.4 Å². The van der Waals surface area contributed by atoms with E-state index in [1.54, 1.807) is 29.0 Å². The first-order valence-corrected chi connectivity index (χ1v) is 10.7. The highest BCUT2D eigenvalue weighted by Crippen LogP contribution is 2.33. The van der Waals surface area contributed by atoms with Crippen molar-refractivity contribution in [1.29, 1.82) is 5.26 Å². The van der Waals surface area contributed by atoms with Crippen LogP contribution >= 0.6 is 0 Å². The second kappa shape index (κ2) is 9.44. The molecule has 0 bridgehead atoms. The van der Waals surface area contributed by atoms with Gasteiger partial charge < -0.3 is 20.3 Å². The lowest BCUT2D eigenvalue weighted by atomic mass is 10.1. The number of ether oxygens (including phenoxy) is 1. The van der Waals surface area contributed by atoms with E-state index in [0.717, 1.165) is 5.56 Å². The number of halogens is 1. The number of hydrogen-bond acceptors (Lipinski definition) is 8. The topological polar surface area (TPSA) is 121 Å². The maximum atomic E-state index is 13.4. The molecule has 1 aliphatic heterocycles. The van der Waals surface area contributed by atoms with Gasteiger partial charge in [0.15, 0.2) is 5.82 Å². The van der Waals surface area contributed by atoms with Crippen LogP contribution in [0.15, 0.2) is 30.6 Å². The van der Waals surface area contributed by atoms with Gasteiger partial charge in [-0.2, -0.15) is 15.3 Å². The Morgan fingerprint density at radius 1 is 1.38 bits per heavy atom. The molecule has 1 aromatic carbocycles. The molecule has 0 fully saturated rings. The number of fused-ring (bicyclic) bond motifs is 1. The second-order valence-corrected chi connectivity index (χ2v) is 8.13. The van der Waals surface area contributed by atoms with Gasteiger partial charge in [-0.25, -0.2) is 9.37 Å². The fraction of sp³-hybridized carbons (Fsp3) is 0.348. The smallest absolute Gasteiger partial charge is 0.249 e. The number of hydrogen-bond donors (Lipinski definition) is 2. The first-order chi connectivity index (χ1) is 16.3. The van der Waals surface area contributed by atoms with E-state index in [-0.39, 0.29) is 17.6 Å². The lowest BCUT2D eigenvalue weighted by Crippen LogP contribution is -2.53. The monoisotopic (exact) mass is 464 g/mol. The molecule has 0 saturated heterocycles. The molecule has 10 nitrogen and oxygen atoms in total. The van der Waals surface area contributed by atoms with Gasteiger partial charge in [-0.05, 0) is 31.5 Å². The van der Waals surface area contributed by atoms with Crippen LogP contribution in [0.4, 0.5) is 21.8 Å². The summed E-state index contributed by atoms with van der Waals surface area (Å²) < 4.78 is 20.4. The zero-order valence-corrected chi connectivity index (χ0v) is 19.3. The number of anilines is 3. The Kier molecular flexibility index (Phi) is 6.43. The summed E-state index contributed by atoms with van der Waals surface area (Å²) in [5.41, 5.74) is 3.08. The van der Waals surface area contributed by atoms with E-state index in [0.29, 0.717) is 41.8 Å². The number of aryl methyl sites for hydroxylation is 1. The summed E-state index contributed by atoms with van der Waals surface area (Å²) in [6, 6.07) is 5.63. The van der Waals surface area contributed by atoms with Gasteiger partial charge in [0.1, 0.15) is 17.5 Å². The molecule has 3 aromatic rings. The van der Waals surface area contributed by atoms with Gasteiger partial charge in [0, 0.05) is 32.5 Å². The fourth-order valence-electron chi connectivity index (χ4n) is 3.93. The van der Waals surface area contributed by atoms with Gasteiger partial charge in [-0.3, -0.25) is 9.48 Å². The van der Waals surface area contributed by atoms with Crippen LogP contribution in [-0.4, -0.2) is 52.0 Å². The third kappa shape index (κ3) is 4.53. The predicted octanol–water partition coefficient (Wildman–Crippen LogP) is 2.44. The van der Waals surface area contributed by atoms with E-state index in [1.165, 1.54) is 12.1 Å². The van der Waals surface area contributed by atoms with Crippen molar-refractivity contribution in [3.05, 3.63) is 58.8 Å². The molecule has 4 rings (SSSR count). The average molecular weight is 465 g/mol. The minimum Gasteiger partial charge on any atom is -0.379 e. The molecule has 0 spiro atoms. The van der Waals surface area contributed by atoms with E-state index < -0.39 is 11.9 Å². The lowest BCUT2D eigenvalue weighted by molar-refractivity contribution is -0.120. The first kappa shape index (κ1) is 23.1. The van der Waals surface area contributed by atoms with Gasteiger partial charge in [-0.15, -0.1) is 0 Å². The molecule has 176 valence electrons. The second-order valence-electron chi connectivity index (χ2n) is 8.13. The summed E-state index contributed by atoms with van der Waals surface area (Å²) >= 11 is 0. The number of nitrogens with one attached hydrogen (secondary N) is 2. The number of benzene rings is 1. The Morgan fingerprint density at radius 3 is 2.91 bits per heavy atom. The highest BCUT2D eigenvalue weighted by atomic mass is 19.1. The normalized spacial score (nSPS) is 15.9. The van der Waals surface area contributed by atoms with Crippen LogP contribution in [0.5, 0.6) is 0 Å². The highest BCUT2D eigenvalue weighted by Gasteiger charge is 2.37. The zero-order valence-electron chi connectivity index (χ0n) is 19.3. The van der Waals surface area contributed by atoms with Gasteiger partial charge >= 0.3 is 0 Å². The molecule has 2 aromatic heterocycles. The standard InChI is InChI=1S/C23H25FN8O2/c1-13-19-21(31(3)20(14(2)34-4)22(33)29-19)30-23(28-13)26-9-15-10-27-32(11-15)12-16-5-6-18(24)7-17(16)8-25/h5-7,10-11,14,20H,9,12H2,1-4H3,(H,29,33)(H,26,28,30)/t14-,20+/m1/s1. The van der Waals surface area contributed by atoms with Crippen LogP contribution in [0.2, 0.25) is 0 Å². The summed E-state index contributed by atoms with van der Waals surface area (Å²) in [4.78, 5) is 23.4. The number of methoxy groups -OCH3 is 1. The largest absolute Gasteiger partial charge is 0.379 e. The van der Waals surface area contributed by atoms with Gasteiger partial charge in [0.25, 0.3) is 0 Å². The van der Waals surface area contributed by atoms with E-state index in [9.17, 15) is 14.4 Å². The summed E-state index contributed by atoms with van der Waals surface area (Å²) in [6.07, 6.45) is 3.22. The van der Waals surface area contributed by atoms with Crippen molar-refractivity contribution in [3.8, 4) is 6.07 Å². The molecule has 11 heteroatoms. The maximum absolute atomic E-state index is 13.4. The average Bonchev–Trinajstić information content (AvgIpc) is 3.26. The Labute approximate surface area is 196 Å². The van der Waals surface area contributed by atoms with Crippen molar-refractivity contribution < 1.29 is 13.9 Å².